The minimum atomic E-state index is -3.52. The van der Waals surface area contributed by atoms with Crippen molar-refractivity contribution in [2.75, 3.05) is 18.0 Å². The molecule has 1 unspecified atom stereocenters. The molecule has 0 radical (unpaired) electrons. The molecule has 5 N–H and O–H groups in total. The van der Waals surface area contributed by atoms with Gasteiger partial charge in [-0.3, -0.25) is 0 Å². The number of anilines is 2. The zero-order chi connectivity index (χ0) is 18.8. The van der Waals surface area contributed by atoms with Gasteiger partial charge < -0.3 is 11.5 Å². The van der Waals surface area contributed by atoms with Crippen LogP contribution in [0.4, 0.5) is 15.8 Å². The lowest BCUT2D eigenvalue weighted by molar-refractivity contribution is 0.196. The molecule has 0 bridgehead atoms. The molecule has 0 saturated heterocycles. The van der Waals surface area contributed by atoms with Gasteiger partial charge in [-0.25, -0.2) is 17.5 Å². The predicted molar refractivity (Wildman–Crippen MR) is 101 cm³/mol. The van der Waals surface area contributed by atoms with Crippen LogP contribution in [-0.2, 0) is 15.7 Å². The summed E-state index contributed by atoms with van der Waals surface area (Å²) < 4.78 is 40.8. The summed E-state index contributed by atoms with van der Waals surface area (Å²) in [6.45, 7) is 4.13. The van der Waals surface area contributed by atoms with E-state index in [1.807, 2.05) is 6.07 Å². The number of nitrogen functional groups attached to an aromatic ring is 2. The number of nitrogens with two attached hydrogens (primary N) is 2. The van der Waals surface area contributed by atoms with Gasteiger partial charge in [-0.1, -0.05) is 30.3 Å². The number of hydrogen-bond acceptors (Lipinski definition) is 4. The van der Waals surface area contributed by atoms with Gasteiger partial charge in [-0.2, -0.15) is 0 Å². The molecule has 7 heteroatoms. The van der Waals surface area contributed by atoms with E-state index in [1.54, 1.807) is 50.2 Å². The second-order valence-corrected chi connectivity index (χ2v) is 8.85. The zero-order valence-electron chi connectivity index (χ0n) is 14.6. The van der Waals surface area contributed by atoms with Crippen LogP contribution in [0.3, 0.4) is 0 Å². The Hall–Kier alpha value is -2.12. The van der Waals surface area contributed by atoms with E-state index >= 15 is 0 Å². The van der Waals surface area contributed by atoms with Crippen molar-refractivity contribution in [3.8, 4) is 11.1 Å². The fourth-order valence-electron chi connectivity index (χ4n) is 2.27. The van der Waals surface area contributed by atoms with Crippen molar-refractivity contribution in [2.45, 2.75) is 31.7 Å². The lowest BCUT2D eigenvalue weighted by Crippen LogP contribution is -2.39. The van der Waals surface area contributed by atoms with E-state index in [9.17, 15) is 12.8 Å². The molecule has 0 aliphatic carbocycles. The highest BCUT2D eigenvalue weighted by Crippen LogP contribution is 2.29. The molecule has 2 rings (SSSR count). The highest BCUT2D eigenvalue weighted by molar-refractivity contribution is 7.90. The summed E-state index contributed by atoms with van der Waals surface area (Å²) in [4.78, 5) is 0. The fourth-order valence-corrected chi connectivity index (χ4v) is 3.07. The summed E-state index contributed by atoms with van der Waals surface area (Å²) in [6.07, 6.45) is 0. The van der Waals surface area contributed by atoms with Gasteiger partial charge in [0.2, 0.25) is 10.0 Å². The lowest BCUT2D eigenvalue weighted by atomic mass is 9.95. The van der Waals surface area contributed by atoms with Gasteiger partial charge in [0.1, 0.15) is 5.67 Å². The zero-order valence-corrected chi connectivity index (χ0v) is 15.4. The Morgan fingerprint density at radius 2 is 1.60 bits per heavy atom. The molecule has 5 nitrogen and oxygen atoms in total. The normalized spacial score (nSPS) is 14.4. The van der Waals surface area contributed by atoms with Gasteiger partial charge in [0.05, 0.1) is 16.6 Å². The number of halogens is 1. The first-order chi connectivity index (χ1) is 11.5. The molecule has 1 atom stereocenters. The third-order valence-corrected chi connectivity index (χ3v) is 5.92. The Labute approximate surface area is 148 Å². The van der Waals surface area contributed by atoms with Crippen molar-refractivity contribution in [2.24, 2.45) is 0 Å². The predicted octanol–water partition coefficient (Wildman–Crippen LogP) is 3.03. The van der Waals surface area contributed by atoms with Crippen LogP contribution in [0, 0.1) is 0 Å². The lowest BCUT2D eigenvalue weighted by Gasteiger charge is -2.22. The number of benzene rings is 2. The molecule has 0 saturated carbocycles. The SMILES string of the molecule is CC(C)S(=O)(=O)NCC(C)(F)c1ccc(-c2ccc(N)c(N)c2)cc1. The minimum absolute atomic E-state index is 0.318. The molecule has 0 aliphatic rings. The van der Waals surface area contributed by atoms with Crippen molar-refractivity contribution in [3.63, 3.8) is 0 Å². The van der Waals surface area contributed by atoms with Crippen molar-refractivity contribution in [1.82, 2.24) is 4.72 Å². The molecular weight excluding hydrogens is 341 g/mol. The summed E-state index contributed by atoms with van der Waals surface area (Å²) in [5.74, 6) is 0. The molecule has 0 aromatic heterocycles. The van der Waals surface area contributed by atoms with Crippen molar-refractivity contribution in [1.29, 1.82) is 0 Å². The fraction of sp³-hybridized carbons (Fsp3) is 0.333. The van der Waals surface area contributed by atoms with Crippen LogP contribution in [0.1, 0.15) is 26.3 Å². The van der Waals surface area contributed by atoms with E-state index < -0.39 is 20.9 Å². The van der Waals surface area contributed by atoms with Crippen LogP contribution in [-0.4, -0.2) is 20.2 Å². The third kappa shape index (κ3) is 4.49. The molecule has 0 amide bonds. The van der Waals surface area contributed by atoms with E-state index in [0.717, 1.165) is 11.1 Å². The number of hydrogen-bond donors (Lipinski definition) is 3. The van der Waals surface area contributed by atoms with Gasteiger partial charge in [0.25, 0.3) is 0 Å². The van der Waals surface area contributed by atoms with Crippen molar-refractivity contribution < 1.29 is 12.8 Å². The Morgan fingerprint density at radius 3 is 2.12 bits per heavy atom. The van der Waals surface area contributed by atoms with Gasteiger partial charge in [0, 0.05) is 6.54 Å². The summed E-state index contributed by atoms with van der Waals surface area (Å²) in [5.41, 5.74) is 12.8. The Balaban J connectivity index is 2.19. The average molecular weight is 365 g/mol. The van der Waals surface area contributed by atoms with Crippen molar-refractivity contribution in [3.05, 3.63) is 48.0 Å². The van der Waals surface area contributed by atoms with Gasteiger partial charge >= 0.3 is 0 Å². The van der Waals surface area contributed by atoms with Crippen LogP contribution < -0.4 is 16.2 Å². The largest absolute Gasteiger partial charge is 0.397 e. The summed E-state index contributed by atoms with van der Waals surface area (Å²) in [6, 6.07) is 12.2. The maximum absolute atomic E-state index is 14.9. The smallest absolute Gasteiger partial charge is 0.214 e. The second kappa shape index (κ2) is 7.01. The molecule has 0 fully saturated rings. The maximum atomic E-state index is 14.9. The van der Waals surface area contributed by atoms with Crippen LogP contribution >= 0.6 is 0 Å². The Kier molecular flexibility index (Phi) is 5.39. The Morgan fingerprint density at radius 1 is 1.04 bits per heavy atom. The molecule has 2 aromatic rings. The summed E-state index contributed by atoms with van der Waals surface area (Å²) in [7, 11) is -3.52. The number of alkyl halides is 1. The molecule has 0 heterocycles. The Bertz CT molecular complexity index is 847. The standard InChI is InChI=1S/C18H24FN3O2S/c1-12(2)25(23,24)22-11-18(3,19)15-7-4-13(5-8-15)14-6-9-16(20)17(21)10-14/h4-10,12,22H,11,20-21H2,1-3H3. The quantitative estimate of drug-likeness (QED) is 0.685. The van der Waals surface area contributed by atoms with E-state index in [1.165, 1.54) is 6.92 Å². The van der Waals surface area contributed by atoms with E-state index in [2.05, 4.69) is 4.72 Å². The van der Waals surface area contributed by atoms with Gasteiger partial charge in [-0.05, 0) is 49.6 Å². The van der Waals surface area contributed by atoms with Crippen LogP contribution in [0.5, 0.6) is 0 Å². The topological polar surface area (TPSA) is 98.2 Å². The maximum Gasteiger partial charge on any atom is 0.214 e. The first-order valence-electron chi connectivity index (χ1n) is 7.96. The van der Waals surface area contributed by atoms with E-state index in [0.29, 0.717) is 16.9 Å². The van der Waals surface area contributed by atoms with Crippen LogP contribution in [0.15, 0.2) is 42.5 Å². The highest BCUT2D eigenvalue weighted by Gasteiger charge is 2.28. The average Bonchev–Trinajstić information content (AvgIpc) is 2.56. The monoisotopic (exact) mass is 365 g/mol. The van der Waals surface area contributed by atoms with Gasteiger partial charge in [0.15, 0.2) is 0 Å². The molecule has 2 aromatic carbocycles. The highest BCUT2D eigenvalue weighted by atomic mass is 32.2. The van der Waals surface area contributed by atoms with Crippen molar-refractivity contribution >= 4 is 21.4 Å². The first kappa shape index (κ1) is 19.2. The van der Waals surface area contributed by atoms with Crippen LogP contribution in [0.2, 0.25) is 0 Å². The molecule has 0 aliphatic heterocycles. The molecule has 136 valence electrons. The molecular formula is C18H24FN3O2S. The summed E-state index contributed by atoms with van der Waals surface area (Å²) >= 11 is 0. The summed E-state index contributed by atoms with van der Waals surface area (Å²) in [5, 5.41) is -0.610. The first-order valence-corrected chi connectivity index (χ1v) is 9.51. The third-order valence-electron chi connectivity index (χ3n) is 4.13. The van der Waals surface area contributed by atoms with Gasteiger partial charge in [-0.15, -0.1) is 0 Å². The van der Waals surface area contributed by atoms with Crippen LogP contribution in [0.25, 0.3) is 11.1 Å². The number of rotatable bonds is 6. The molecule has 0 spiro atoms. The second-order valence-electron chi connectivity index (χ2n) is 6.53. The van der Waals surface area contributed by atoms with E-state index in [-0.39, 0.29) is 6.54 Å². The minimum Gasteiger partial charge on any atom is -0.397 e. The van der Waals surface area contributed by atoms with E-state index in [4.69, 9.17) is 11.5 Å². The molecule has 25 heavy (non-hydrogen) atoms. The number of nitrogens with one attached hydrogen (secondary N) is 1. The number of sulfonamides is 1.